The minimum absolute atomic E-state index is 0.157. The molecule has 1 fully saturated rings. The molecule has 3 aromatic carbocycles. The van der Waals surface area contributed by atoms with Gasteiger partial charge in [0.25, 0.3) is 0 Å². The molecule has 0 amide bonds. The van der Waals surface area contributed by atoms with Gasteiger partial charge in [-0.05, 0) is 42.5 Å². The average molecular weight is 559 g/mol. The number of piperazine rings is 1. The number of nitrogens with zero attached hydrogens (tertiary/aromatic N) is 4. The first-order valence-corrected chi connectivity index (χ1v) is 13.5. The third-order valence-electron chi connectivity index (χ3n) is 7.13. The van der Waals surface area contributed by atoms with E-state index < -0.39 is 6.10 Å². The molecule has 1 saturated heterocycles. The van der Waals surface area contributed by atoms with Crippen molar-refractivity contribution in [3.05, 3.63) is 84.4 Å². The SMILES string of the molecule is COc1ccccc1-c1cc(CN2CCN(C[C@H](O)COc3ccc4oc(-c5cccc(F)c5)nc4c3)CC2)on1. The van der Waals surface area contributed by atoms with Gasteiger partial charge in [-0.1, -0.05) is 23.4 Å². The summed E-state index contributed by atoms with van der Waals surface area (Å²) in [6, 6.07) is 21.1. The van der Waals surface area contributed by atoms with Crippen LogP contribution in [0.4, 0.5) is 4.39 Å². The van der Waals surface area contributed by atoms with Crippen LogP contribution in [0.1, 0.15) is 5.76 Å². The first kappa shape index (κ1) is 26.9. The van der Waals surface area contributed by atoms with Crippen molar-refractivity contribution >= 4 is 11.1 Å². The van der Waals surface area contributed by atoms with E-state index in [0.29, 0.717) is 41.4 Å². The van der Waals surface area contributed by atoms with Gasteiger partial charge in [-0.3, -0.25) is 9.80 Å². The maximum atomic E-state index is 13.6. The summed E-state index contributed by atoms with van der Waals surface area (Å²) >= 11 is 0. The normalized spacial score (nSPS) is 15.3. The van der Waals surface area contributed by atoms with E-state index in [1.54, 1.807) is 37.4 Å². The Morgan fingerprint density at radius 1 is 0.976 bits per heavy atom. The Morgan fingerprint density at radius 3 is 2.63 bits per heavy atom. The molecule has 6 rings (SSSR count). The number of aromatic nitrogens is 2. The molecule has 0 spiro atoms. The van der Waals surface area contributed by atoms with Crippen molar-refractivity contribution in [1.29, 1.82) is 0 Å². The fourth-order valence-electron chi connectivity index (χ4n) is 5.01. The number of rotatable bonds is 10. The van der Waals surface area contributed by atoms with Crippen LogP contribution in [-0.4, -0.2) is 77.6 Å². The Balaban J connectivity index is 0.966. The fraction of sp³-hybridized carbons (Fsp3) is 0.290. The predicted molar refractivity (Wildman–Crippen MR) is 151 cm³/mol. The summed E-state index contributed by atoms with van der Waals surface area (Å²) in [5.74, 6) is 2.14. The van der Waals surface area contributed by atoms with Gasteiger partial charge in [0.2, 0.25) is 5.89 Å². The Labute approximate surface area is 236 Å². The molecule has 0 saturated carbocycles. The third kappa shape index (κ3) is 6.40. The first-order chi connectivity index (χ1) is 20.0. The molecule has 1 atom stereocenters. The second-order valence-corrected chi connectivity index (χ2v) is 10.1. The van der Waals surface area contributed by atoms with Gasteiger partial charge < -0.3 is 23.5 Å². The maximum Gasteiger partial charge on any atom is 0.227 e. The molecule has 1 aliphatic rings. The van der Waals surface area contributed by atoms with Crippen LogP contribution in [-0.2, 0) is 6.54 Å². The van der Waals surface area contributed by atoms with Crippen LogP contribution in [0.15, 0.2) is 81.7 Å². The Kier molecular flexibility index (Phi) is 7.95. The lowest BCUT2D eigenvalue weighted by atomic mass is 10.1. The molecule has 41 heavy (non-hydrogen) atoms. The molecule has 5 aromatic rings. The number of fused-ring (bicyclic) bond motifs is 1. The van der Waals surface area contributed by atoms with Crippen LogP contribution in [0.2, 0.25) is 0 Å². The molecule has 1 aliphatic heterocycles. The van der Waals surface area contributed by atoms with Crippen LogP contribution < -0.4 is 9.47 Å². The van der Waals surface area contributed by atoms with Crippen LogP contribution in [0.25, 0.3) is 33.8 Å². The number of aliphatic hydroxyl groups is 1. The van der Waals surface area contributed by atoms with Gasteiger partial charge in [0.05, 0.1) is 13.7 Å². The summed E-state index contributed by atoms with van der Waals surface area (Å²) < 4.78 is 36.2. The van der Waals surface area contributed by atoms with Crippen molar-refractivity contribution in [2.45, 2.75) is 12.6 Å². The molecule has 0 unspecified atom stereocenters. The van der Waals surface area contributed by atoms with E-state index in [0.717, 1.165) is 48.9 Å². The molecule has 9 nitrogen and oxygen atoms in total. The van der Waals surface area contributed by atoms with E-state index >= 15 is 0 Å². The van der Waals surface area contributed by atoms with Crippen LogP contribution >= 0.6 is 0 Å². The number of halogens is 1. The van der Waals surface area contributed by atoms with Crippen LogP contribution in [0.3, 0.4) is 0 Å². The summed E-state index contributed by atoms with van der Waals surface area (Å²) in [5.41, 5.74) is 3.41. The van der Waals surface area contributed by atoms with E-state index in [-0.39, 0.29) is 12.4 Å². The average Bonchev–Trinajstić information content (AvgIpc) is 3.64. The molecular weight excluding hydrogens is 527 g/mol. The topological polar surface area (TPSA) is 97.2 Å². The number of β-amino-alcohol motifs (C(OH)–C–C–N with tert-alkyl or cyclic N) is 1. The highest BCUT2D eigenvalue weighted by molar-refractivity contribution is 5.77. The highest BCUT2D eigenvalue weighted by atomic mass is 19.1. The summed E-state index contributed by atoms with van der Waals surface area (Å²) in [5, 5.41) is 14.9. The number of ether oxygens (including phenoxy) is 2. The minimum Gasteiger partial charge on any atom is -0.496 e. The highest BCUT2D eigenvalue weighted by Crippen LogP contribution is 2.30. The summed E-state index contributed by atoms with van der Waals surface area (Å²) in [6.07, 6.45) is -0.643. The van der Waals surface area contributed by atoms with E-state index in [9.17, 15) is 9.50 Å². The highest BCUT2D eigenvalue weighted by Gasteiger charge is 2.21. The number of hydrogen-bond acceptors (Lipinski definition) is 9. The third-order valence-corrected chi connectivity index (χ3v) is 7.13. The lowest BCUT2D eigenvalue weighted by molar-refractivity contribution is 0.0430. The summed E-state index contributed by atoms with van der Waals surface area (Å²) in [6.45, 7) is 4.72. The first-order valence-electron chi connectivity index (χ1n) is 13.5. The molecule has 0 aliphatic carbocycles. The van der Waals surface area contributed by atoms with Gasteiger partial charge in [0, 0.05) is 56.0 Å². The second kappa shape index (κ2) is 12.1. The minimum atomic E-state index is -0.643. The molecule has 0 bridgehead atoms. The molecule has 2 aromatic heterocycles. The van der Waals surface area contributed by atoms with E-state index in [1.807, 2.05) is 30.3 Å². The lowest BCUT2D eigenvalue weighted by Gasteiger charge is -2.35. The van der Waals surface area contributed by atoms with Gasteiger partial charge in [-0.2, -0.15) is 0 Å². The van der Waals surface area contributed by atoms with E-state index in [4.69, 9.17) is 18.4 Å². The Hall–Kier alpha value is -4.25. The van der Waals surface area contributed by atoms with Crippen molar-refractivity contribution in [2.75, 3.05) is 46.4 Å². The number of aliphatic hydroxyl groups excluding tert-OH is 1. The molecular formula is C31H31FN4O5. The van der Waals surface area contributed by atoms with Crippen LogP contribution in [0.5, 0.6) is 11.5 Å². The van der Waals surface area contributed by atoms with Crippen molar-refractivity contribution in [2.24, 2.45) is 0 Å². The zero-order valence-corrected chi connectivity index (χ0v) is 22.7. The maximum absolute atomic E-state index is 13.6. The largest absolute Gasteiger partial charge is 0.496 e. The molecule has 3 heterocycles. The molecule has 212 valence electrons. The number of benzene rings is 3. The molecule has 0 radical (unpaired) electrons. The number of methoxy groups -OCH3 is 1. The quantitative estimate of drug-likeness (QED) is 0.258. The van der Waals surface area contributed by atoms with E-state index in [2.05, 4.69) is 19.9 Å². The van der Waals surface area contributed by atoms with Gasteiger partial charge in [-0.25, -0.2) is 9.37 Å². The van der Waals surface area contributed by atoms with Crippen LogP contribution in [0, 0.1) is 5.82 Å². The Bertz CT molecular complexity index is 1610. The number of para-hydroxylation sites is 1. The van der Waals surface area contributed by atoms with Crippen molar-refractivity contribution < 1.29 is 27.9 Å². The number of hydrogen-bond donors (Lipinski definition) is 1. The van der Waals surface area contributed by atoms with Gasteiger partial charge in [-0.15, -0.1) is 0 Å². The molecule has 1 N–H and O–H groups in total. The van der Waals surface area contributed by atoms with Gasteiger partial charge >= 0.3 is 0 Å². The second-order valence-electron chi connectivity index (χ2n) is 10.1. The summed E-state index contributed by atoms with van der Waals surface area (Å²) in [7, 11) is 1.65. The Morgan fingerprint density at radius 2 is 1.80 bits per heavy atom. The van der Waals surface area contributed by atoms with Gasteiger partial charge in [0.15, 0.2) is 11.3 Å². The zero-order chi connectivity index (χ0) is 28.2. The predicted octanol–water partition coefficient (Wildman–Crippen LogP) is 4.86. The van der Waals surface area contributed by atoms with Crippen molar-refractivity contribution in [1.82, 2.24) is 19.9 Å². The van der Waals surface area contributed by atoms with Crippen molar-refractivity contribution in [3.63, 3.8) is 0 Å². The fourth-order valence-corrected chi connectivity index (χ4v) is 5.01. The standard InChI is InChI=1S/C31H31FN4O5/c1-38-29-8-3-2-7-26(29)27-17-25(41-34-27)19-36-13-11-35(12-14-36)18-23(37)20-39-24-9-10-30-28(16-24)33-31(40-30)21-5-4-6-22(32)15-21/h2-10,15-17,23,37H,11-14,18-20H2,1H3/t23-/m0/s1. The van der Waals surface area contributed by atoms with E-state index in [1.165, 1.54) is 12.1 Å². The lowest BCUT2D eigenvalue weighted by Crippen LogP contribution is -2.48. The molecule has 10 heteroatoms. The summed E-state index contributed by atoms with van der Waals surface area (Å²) in [4.78, 5) is 9.01. The van der Waals surface area contributed by atoms with Gasteiger partial charge in [0.1, 0.15) is 41.2 Å². The zero-order valence-electron chi connectivity index (χ0n) is 22.7. The number of oxazole rings is 1. The van der Waals surface area contributed by atoms with Crippen molar-refractivity contribution in [3.8, 4) is 34.2 Å². The monoisotopic (exact) mass is 558 g/mol. The smallest absolute Gasteiger partial charge is 0.227 e.